The summed E-state index contributed by atoms with van der Waals surface area (Å²) in [4.78, 5) is 18.2. The van der Waals surface area contributed by atoms with E-state index in [2.05, 4.69) is 4.98 Å². The Kier molecular flexibility index (Phi) is 3.85. The van der Waals surface area contributed by atoms with Crippen LogP contribution in [0.1, 0.15) is 18.7 Å². The van der Waals surface area contributed by atoms with E-state index in [9.17, 15) is 22.4 Å². The predicted molar refractivity (Wildman–Crippen MR) is 88.0 cm³/mol. The number of hydrogen-bond donors (Lipinski definition) is 1. The Bertz CT molecular complexity index is 1100. The zero-order valence-electron chi connectivity index (χ0n) is 12.9. The normalized spacial score (nSPS) is 14.8. The van der Waals surface area contributed by atoms with Gasteiger partial charge in [-0.2, -0.15) is 13.2 Å². The van der Waals surface area contributed by atoms with Gasteiger partial charge in [-0.15, -0.1) is 0 Å². The summed E-state index contributed by atoms with van der Waals surface area (Å²) < 4.78 is 56.6. The summed E-state index contributed by atoms with van der Waals surface area (Å²) in [5.74, 6) is -2.29. The lowest BCUT2D eigenvalue weighted by Crippen LogP contribution is -2.27. The van der Waals surface area contributed by atoms with Crippen LogP contribution in [-0.2, 0) is 19.3 Å². The first-order valence-electron chi connectivity index (χ1n) is 7.64. The molecule has 0 aliphatic carbocycles. The van der Waals surface area contributed by atoms with Crippen LogP contribution in [0.2, 0.25) is 10.2 Å². The number of nitrogens with zero attached hydrogens (tertiary/aromatic N) is 3. The minimum absolute atomic E-state index is 0.0274. The Hall–Kier alpha value is -2.00. The molecule has 11 heteroatoms. The van der Waals surface area contributed by atoms with Crippen LogP contribution in [0, 0.1) is 5.82 Å². The highest BCUT2D eigenvalue weighted by atomic mass is 35.5. The smallest absolute Gasteiger partial charge is 0.334 e. The molecule has 5 nitrogen and oxygen atoms in total. The Balaban J connectivity index is 2.09. The monoisotopic (exact) mass is 408 g/mol. The molecule has 1 N–H and O–H groups in total. The number of rotatable bonds is 1. The molecule has 0 atom stereocenters. The van der Waals surface area contributed by atoms with E-state index in [-0.39, 0.29) is 32.3 Å². The number of alkyl halides is 3. The summed E-state index contributed by atoms with van der Waals surface area (Å²) in [6, 6.07) is 0.831. The topological polar surface area (TPSA) is 55.6 Å². The van der Waals surface area contributed by atoms with Gasteiger partial charge in [0.1, 0.15) is 16.5 Å². The van der Waals surface area contributed by atoms with Crippen LogP contribution in [-0.4, -0.2) is 19.3 Å². The highest BCUT2D eigenvalue weighted by Gasteiger charge is 2.36. The van der Waals surface area contributed by atoms with Crippen molar-refractivity contribution in [3.05, 3.63) is 38.2 Å². The molecule has 0 saturated carbocycles. The fraction of sp³-hybridized carbons (Fsp3) is 0.333. The first-order chi connectivity index (χ1) is 12.2. The molecule has 26 heavy (non-hydrogen) atoms. The highest BCUT2D eigenvalue weighted by Crippen LogP contribution is 2.39. The fourth-order valence-electron chi connectivity index (χ4n) is 3.21. The van der Waals surface area contributed by atoms with Gasteiger partial charge >= 0.3 is 6.18 Å². The summed E-state index contributed by atoms with van der Waals surface area (Å²) >= 11 is 12.1. The first kappa shape index (κ1) is 17.4. The lowest BCUT2D eigenvalue weighted by atomic mass is 10.1. The number of nitrogens with one attached hydrogen (secondary N) is 1. The summed E-state index contributed by atoms with van der Waals surface area (Å²) in [6.45, 7) is 0.858. The predicted octanol–water partition coefficient (Wildman–Crippen LogP) is 4.45. The molecule has 0 bridgehead atoms. The number of imidazole rings is 1. The van der Waals surface area contributed by atoms with Gasteiger partial charge in [-0.25, -0.2) is 14.1 Å². The average molecular weight is 409 g/mol. The lowest BCUT2D eigenvalue weighted by molar-refractivity contribution is -0.144. The number of aromatic nitrogens is 4. The molecule has 4 rings (SSSR count). The first-order valence-corrected chi connectivity index (χ1v) is 8.40. The van der Waals surface area contributed by atoms with E-state index in [1.165, 1.54) is 9.36 Å². The maximum atomic E-state index is 14.7. The molecule has 0 amide bonds. The second kappa shape index (κ2) is 5.75. The third kappa shape index (κ3) is 2.44. The third-order valence-electron chi connectivity index (χ3n) is 4.35. The second-order valence-corrected chi connectivity index (χ2v) is 6.71. The van der Waals surface area contributed by atoms with Crippen LogP contribution >= 0.6 is 23.2 Å². The van der Waals surface area contributed by atoms with E-state index in [0.717, 1.165) is 18.9 Å². The van der Waals surface area contributed by atoms with Gasteiger partial charge in [0.15, 0.2) is 0 Å². The maximum absolute atomic E-state index is 14.7. The zero-order chi connectivity index (χ0) is 18.8. The van der Waals surface area contributed by atoms with E-state index in [0.29, 0.717) is 13.1 Å². The van der Waals surface area contributed by atoms with Crippen molar-refractivity contribution >= 4 is 34.2 Å². The molecule has 1 aliphatic rings. The number of H-pyrrole nitrogens is 1. The maximum Gasteiger partial charge on any atom is 0.449 e. The number of hydrogen-bond acceptors (Lipinski definition) is 2. The molecule has 1 aliphatic heterocycles. The van der Waals surface area contributed by atoms with Crippen molar-refractivity contribution in [1.82, 2.24) is 19.3 Å². The largest absolute Gasteiger partial charge is 0.449 e. The van der Waals surface area contributed by atoms with Gasteiger partial charge in [-0.3, -0.25) is 9.48 Å². The van der Waals surface area contributed by atoms with Crippen LogP contribution in [0.3, 0.4) is 0 Å². The quantitative estimate of drug-likeness (QED) is 0.604. The number of aromatic amines is 1. The van der Waals surface area contributed by atoms with E-state index in [1.54, 1.807) is 0 Å². The van der Waals surface area contributed by atoms with Crippen LogP contribution in [0.5, 0.6) is 0 Å². The van der Waals surface area contributed by atoms with Gasteiger partial charge in [0, 0.05) is 13.1 Å². The molecule has 2 aromatic heterocycles. The SMILES string of the molecule is O=c1c(-c2c(F)cc(Cl)c3nc(C(F)(F)F)[nH]c23)c(Cl)n2n1CCCC2. The zero-order valence-corrected chi connectivity index (χ0v) is 14.4. The van der Waals surface area contributed by atoms with Gasteiger partial charge in [0.2, 0.25) is 5.82 Å². The standard InChI is InChI=1S/C15H10Cl2F4N4O/c16-6-5-7(18)8(11-10(6)22-14(23-11)15(19,20)21)9-12(17)24-3-1-2-4-25(24)13(9)26/h5H,1-4H2,(H,22,23). The van der Waals surface area contributed by atoms with Crippen LogP contribution in [0.15, 0.2) is 10.9 Å². The summed E-state index contributed by atoms with van der Waals surface area (Å²) in [7, 11) is 0. The molecule has 0 fully saturated rings. The second-order valence-electron chi connectivity index (χ2n) is 5.95. The molecule has 0 saturated heterocycles. The van der Waals surface area contributed by atoms with Crippen molar-refractivity contribution in [2.24, 2.45) is 0 Å². The molecule has 0 unspecified atom stereocenters. The Morgan fingerprint density at radius 2 is 1.77 bits per heavy atom. The van der Waals surface area contributed by atoms with Crippen LogP contribution < -0.4 is 5.56 Å². The summed E-state index contributed by atoms with van der Waals surface area (Å²) in [6.07, 6.45) is -3.25. The number of benzene rings is 1. The molecule has 3 aromatic rings. The fourth-order valence-corrected chi connectivity index (χ4v) is 3.80. The van der Waals surface area contributed by atoms with Gasteiger partial charge < -0.3 is 4.98 Å². The van der Waals surface area contributed by atoms with Gasteiger partial charge in [-0.05, 0) is 18.9 Å². The van der Waals surface area contributed by atoms with E-state index < -0.39 is 23.4 Å². The molecule has 138 valence electrons. The van der Waals surface area contributed by atoms with E-state index in [4.69, 9.17) is 23.2 Å². The molecular formula is C15H10Cl2F4N4O. The van der Waals surface area contributed by atoms with Crippen molar-refractivity contribution < 1.29 is 17.6 Å². The molecule has 0 radical (unpaired) electrons. The Labute approximate surface area is 153 Å². The van der Waals surface area contributed by atoms with E-state index in [1.807, 2.05) is 4.98 Å². The summed E-state index contributed by atoms with van der Waals surface area (Å²) in [5, 5.41) is -0.325. The average Bonchev–Trinajstić information content (AvgIpc) is 3.12. The highest BCUT2D eigenvalue weighted by molar-refractivity contribution is 6.36. The molecular weight excluding hydrogens is 399 g/mol. The van der Waals surface area contributed by atoms with Crippen LogP contribution in [0.4, 0.5) is 17.6 Å². The van der Waals surface area contributed by atoms with Crippen molar-refractivity contribution in [3.63, 3.8) is 0 Å². The Morgan fingerprint density at radius 1 is 1.12 bits per heavy atom. The van der Waals surface area contributed by atoms with Crippen molar-refractivity contribution in [1.29, 1.82) is 0 Å². The molecule has 3 heterocycles. The van der Waals surface area contributed by atoms with E-state index >= 15 is 0 Å². The minimum Gasteiger partial charge on any atom is -0.334 e. The third-order valence-corrected chi connectivity index (χ3v) is 5.03. The van der Waals surface area contributed by atoms with Crippen molar-refractivity contribution in [3.8, 4) is 11.1 Å². The van der Waals surface area contributed by atoms with Gasteiger partial charge in [-0.1, -0.05) is 23.2 Å². The Morgan fingerprint density at radius 3 is 2.38 bits per heavy atom. The lowest BCUT2D eigenvalue weighted by Gasteiger charge is -2.17. The minimum atomic E-state index is -4.78. The van der Waals surface area contributed by atoms with Crippen molar-refractivity contribution in [2.75, 3.05) is 0 Å². The summed E-state index contributed by atoms with van der Waals surface area (Å²) in [5.41, 5.74) is -1.73. The van der Waals surface area contributed by atoms with Crippen molar-refractivity contribution in [2.45, 2.75) is 32.1 Å². The molecule has 0 spiro atoms. The number of halogens is 6. The number of fused-ring (bicyclic) bond motifs is 2. The van der Waals surface area contributed by atoms with Gasteiger partial charge in [0.25, 0.3) is 5.56 Å². The van der Waals surface area contributed by atoms with Crippen LogP contribution in [0.25, 0.3) is 22.2 Å². The molecule has 1 aromatic carbocycles. The van der Waals surface area contributed by atoms with Gasteiger partial charge in [0.05, 0.1) is 21.7 Å².